The summed E-state index contributed by atoms with van der Waals surface area (Å²) in [5, 5.41) is 7.13. The van der Waals surface area contributed by atoms with E-state index in [0.717, 1.165) is 29.9 Å². The fourth-order valence-electron chi connectivity index (χ4n) is 2.16. The largest absolute Gasteiger partial charge is 0.323 e. The summed E-state index contributed by atoms with van der Waals surface area (Å²) in [6, 6.07) is 7.89. The SMILES string of the molecule is CCc1cccc(NC(=O)/C=C/c2cnn(CC)c2C)c1. The standard InChI is InChI=1S/C17H21N3O/c1-4-14-7-6-8-16(11-14)19-17(21)10-9-15-12-18-20(5-2)13(15)3/h6-12H,4-5H2,1-3H3,(H,19,21)/b10-9+. The molecule has 0 radical (unpaired) electrons. The molecule has 0 fully saturated rings. The molecule has 4 heteroatoms. The van der Waals surface area contributed by atoms with E-state index in [0.29, 0.717) is 0 Å². The smallest absolute Gasteiger partial charge is 0.248 e. The number of anilines is 1. The Labute approximate surface area is 125 Å². The van der Waals surface area contributed by atoms with Crippen molar-refractivity contribution >= 4 is 17.7 Å². The van der Waals surface area contributed by atoms with Crippen LogP contribution in [0.25, 0.3) is 6.08 Å². The summed E-state index contributed by atoms with van der Waals surface area (Å²) in [6.07, 6.45) is 6.07. The first-order valence-corrected chi connectivity index (χ1v) is 7.24. The number of rotatable bonds is 5. The second-order valence-corrected chi connectivity index (χ2v) is 4.88. The van der Waals surface area contributed by atoms with Crippen molar-refractivity contribution < 1.29 is 4.79 Å². The molecule has 0 unspecified atom stereocenters. The Morgan fingerprint density at radius 1 is 1.38 bits per heavy atom. The van der Waals surface area contributed by atoms with E-state index in [9.17, 15) is 4.79 Å². The van der Waals surface area contributed by atoms with Crippen LogP contribution in [0.1, 0.15) is 30.7 Å². The third-order valence-corrected chi connectivity index (χ3v) is 3.46. The molecule has 0 saturated carbocycles. The number of carbonyl (C=O) groups excluding carboxylic acids is 1. The van der Waals surface area contributed by atoms with Gasteiger partial charge in [0, 0.05) is 29.6 Å². The second kappa shape index (κ2) is 6.88. The fourth-order valence-corrected chi connectivity index (χ4v) is 2.16. The maximum absolute atomic E-state index is 11.9. The Bertz CT molecular complexity index is 656. The number of carbonyl (C=O) groups is 1. The lowest BCUT2D eigenvalue weighted by molar-refractivity contribution is -0.111. The topological polar surface area (TPSA) is 46.9 Å². The molecule has 2 aromatic rings. The molecule has 0 bridgehead atoms. The third kappa shape index (κ3) is 3.81. The first kappa shape index (κ1) is 15.0. The number of nitrogens with zero attached hydrogens (tertiary/aromatic N) is 2. The number of hydrogen-bond donors (Lipinski definition) is 1. The lowest BCUT2D eigenvalue weighted by atomic mass is 10.1. The first-order chi connectivity index (χ1) is 10.1. The van der Waals surface area contributed by atoms with Crippen molar-refractivity contribution in [2.24, 2.45) is 0 Å². The second-order valence-electron chi connectivity index (χ2n) is 4.88. The van der Waals surface area contributed by atoms with Crippen molar-refractivity contribution in [2.45, 2.75) is 33.7 Å². The van der Waals surface area contributed by atoms with Gasteiger partial charge in [-0.15, -0.1) is 0 Å². The molecule has 0 aliphatic heterocycles. The lowest BCUT2D eigenvalue weighted by Gasteiger charge is -2.04. The quantitative estimate of drug-likeness (QED) is 0.855. The van der Waals surface area contributed by atoms with Crippen molar-refractivity contribution in [1.82, 2.24) is 9.78 Å². The summed E-state index contributed by atoms with van der Waals surface area (Å²) in [6.45, 7) is 6.96. The van der Waals surface area contributed by atoms with E-state index in [1.165, 1.54) is 5.56 Å². The highest BCUT2D eigenvalue weighted by Crippen LogP contribution is 2.12. The fraction of sp³-hybridized carbons (Fsp3) is 0.294. The zero-order valence-corrected chi connectivity index (χ0v) is 12.8. The minimum Gasteiger partial charge on any atom is -0.323 e. The molecule has 0 saturated heterocycles. The third-order valence-electron chi connectivity index (χ3n) is 3.46. The molecule has 4 nitrogen and oxygen atoms in total. The number of hydrogen-bond acceptors (Lipinski definition) is 2. The molecular weight excluding hydrogens is 262 g/mol. The molecule has 0 aliphatic rings. The molecule has 2 rings (SSSR count). The average Bonchev–Trinajstić information content (AvgIpc) is 2.85. The molecule has 1 aromatic carbocycles. The number of aryl methyl sites for hydroxylation is 2. The molecular formula is C17H21N3O. The Morgan fingerprint density at radius 2 is 2.19 bits per heavy atom. The monoisotopic (exact) mass is 283 g/mol. The first-order valence-electron chi connectivity index (χ1n) is 7.24. The molecule has 1 aromatic heterocycles. The van der Waals surface area contributed by atoms with Gasteiger partial charge in [-0.2, -0.15) is 5.10 Å². The van der Waals surface area contributed by atoms with E-state index in [4.69, 9.17) is 0 Å². The van der Waals surface area contributed by atoms with Crippen molar-refractivity contribution in [2.75, 3.05) is 5.32 Å². The predicted octanol–water partition coefficient (Wildman–Crippen LogP) is 3.43. The van der Waals surface area contributed by atoms with Gasteiger partial charge < -0.3 is 5.32 Å². The summed E-state index contributed by atoms with van der Waals surface area (Å²) in [4.78, 5) is 11.9. The van der Waals surface area contributed by atoms with Crippen molar-refractivity contribution in [3.05, 3.63) is 53.4 Å². The van der Waals surface area contributed by atoms with Crippen LogP contribution >= 0.6 is 0 Å². The van der Waals surface area contributed by atoms with Gasteiger partial charge in [-0.25, -0.2) is 0 Å². The van der Waals surface area contributed by atoms with Gasteiger partial charge in [-0.3, -0.25) is 9.48 Å². The van der Waals surface area contributed by atoms with E-state index in [-0.39, 0.29) is 5.91 Å². The minimum atomic E-state index is -0.132. The molecule has 1 N–H and O–H groups in total. The van der Waals surface area contributed by atoms with Gasteiger partial charge in [0.2, 0.25) is 5.91 Å². The highest BCUT2D eigenvalue weighted by molar-refractivity contribution is 6.02. The number of amides is 1. The van der Waals surface area contributed by atoms with E-state index >= 15 is 0 Å². The van der Waals surface area contributed by atoms with Crippen LogP contribution in [0.3, 0.4) is 0 Å². The highest BCUT2D eigenvalue weighted by atomic mass is 16.1. The summed E-state index contributed by atoms with van der Waals surface area (Å²) in [5.74, 6) is -0.132. The van der Waals surface area contributed by atoms with Crippen molar-refractivity contribution in [1.29, 1.82) is 0 Å². The van der Waals surface area contributed by atoms with Crippen LogP contribution in [0.2, 0.25) is 0 Å². The van der Waals surface area contributed by atoms with Gasteiger partial charge in [0.1, 0.15) is 0 Å². The van der Waals surface area contributed by atoms with Gasteiger partial charge in [-0.1, -0.05) is 19.1 Å². The number of aromatic nitrogens is 2. The predicted molar refractivity (Wildman–Crippen MR) is 86.1 cm³/mol. The molecule has 21 heavy (non-hydrogen) atoms. The van der Waals surface area contributed by atoms with Gasteiger partial charge in [0.15, 0.2) is 0 Å². The summed E-state index contributed by atoms with van der Waals surface area (Å²) in [7, 11) is 0. The van der Waals surface area contributed by atoms with Gasteiger partial charge in [0.25, 0.3) is 0 Å². The van der Waals surface area contributed by atoms with Crippen molar-refractivity contribution in [3.8, 4) is 0 Å². The Kier molecular flexibility index (Phi) is 4.93. The maximum atomic E-state index is 11.9. The average molecular weight is 283 g/mol. The van der Waals surface area contributed by atoms with Crippen LogP contribution in [-0.2, 0) is 17.8 Å². The Morgan fingerprint density at radius 3 is 2.86 bits per heavy atom. The van der Waals surface area contributed by atoms with E-state index in [1.807, 2.05) is 42.8 Å². The van der Waals surface area contributed by atoms with Crippen LogP contribution < -0.4 is 5.32 Å². The molecule has 110 valence electrons. The summed E-state index contributed by atoms with van der Waals surface area (Å²) < 4.78 is 1.91. The summed E-state index contributed by atoms with van der Waals surface area (Å²) >= 11 is 0. The molecule has 0 atom stereocenters. The van der Waals surface area contributed by atoms with Crippen LogP contribution in [0.5, 0.6) is 0 Å². The van der Waals surface area contributed by atoms with Gasteiger partial charge in [0.05, 0.1) is 6.20 Å². The maximum Gasteiger partial charge on any atom is 0.248 e. The van der Waals surface area contributed by atoms with Crippen LogP contribution in [0.4, 0.5) is 5.69 Å². The van der Waals surface area contributed by atoms with Crippen LogP contribution in [-0.4, -0.2) is 15.7 Å². The normalized spacial score (nSPS) is 11.0. The molecule has 1 heterocycles. The lowest BCUT2D eigenvalue weighted by Crippen LogP contribution is -2.07. The summed E-state index contributed by atoms with van der Waals surface area (Å²) in [5.41, 5.74) is 4.06. The van der Waals surface area contributed by atoms with Gasteiger partial charge >= 0.3 is 0 Å². The molecule has 1 amide bonds. The molecule has 0 aliphatic carbocycles. The highest BCUT2D eigenvalue weighted by Gasteiger charge is 2.03. The Hall–Kier alpha value is -2.36. The zero-order chi connectivity index (χ0) is 15.2. The molecule has 0 spiro atoms. The zero-order valence-electron chi connectivity index (χ0n) is 12.8. The number of benzene rings is 1. The van der Waals surface area contributed by atoms with Crippen molar-refractivity contribution in [3.63, 3.8) is 0 Å². The minimum absolute atomic E-state index is 0.132. The van der Waals surface area contributed by atoms with E-state index < -0.39 is 0 Å². The van der Waals surface area contributed by atoms with E-state index in [2.05, 4.69) is 17.3 Å². The number of nitrogens with one attached hydrogen (secondary N) is 1. The Balaban J connectivity index is 2.03. The van der Waals surface area contributed by atoms with Crippen LogP contribution in [0, 0.1) is 6.92 Å². The van der Waals surface area contributed by atoms with Crippen LogP contribution in [0.15, 0.2) is 36.5 Å². The van der Waals surface area contributed by atoms with E-state index in [1.54, 1.807) is 18.3 Å². The van der Waals surface area contributed by atoms with Gasteiger partial charge in [-0.05, 0) is 44.0 Å².